The molecule has 0 radical (unpaired) electrons. The summed E-state index contributed by atoms with van der Waals surface area (Å²) in [6.07, 6.45) is -10.3. The molecule has 0 bridgehead atoms. The predicted molar refractivity (Wildman–Crippen MR) is 80.2 cm³/mol. The summed E-state index contributed by atoms with van der Waals surface area (Å²) < 4.78 is 102. The Balaban J connectivity index is 2.61. The SMILES string of the molecule is O=c1cc(C(F)(F)C(F)(F)F)ncn1-c1c(Br)cc(C(F)(F)F)cc1Br. The number of aromatic nitrogens is 2. The van der Waals surface area contributed by atoms with Crippen LogP contribution in [-0.2, 0) is 12.1 Å². The Labute approximate surface area is 155 Å². The second-order valence-electron chi connectivity index (χ2n) is 4.84. The van der Waals surface area contributed by atoms with Crippen LogP contribution in [0.2, 0.25) is 0 Å². The lowest BCUT2D eigenvalue weighted by molar-refractivity contribution is -0.291. The Morgan fingerprint density at radius 2 is 1.38 bits per heavy atom. The van der Waals surface area contributed by atoms with Gasteiger partial charge in [-0.1, -0.05) is 0 Å². The number of hydrogen-bond acceptors (Lipinski definition) is 2. The minimum atomic E-state index is -5.96. The van der Waals surface area contributed by atoms with Crippen molar-refractivity contribution >= 4 is 31.9 Å². The third kappa shape index (κ3) is 3.77. The van der Waals surface area contributed by atoms with Crippen molar-refractivity contribution in [2.24, 2.45) is 0 Å². The van der Waals surface area contributed by atoms with E-state index in [0.717, 1.165) is 0 Å². The third-order valence-electron chi connectivity index (χ3n) is 3.07. The molecule has 3 nitrogen and oxygen atoms in total. The van der Waals surface area contributed by atoms with Crippen LogP contribution in [0.1, 0.15) is 11.3 Å². The quantitative estimate of drug-likeness (QED) is 0.500. The van der Waals surface area contributed by atoms with Crippen molar-refractivity contribution in [3.05, 3.63) is 55.1 Å². The average molecular weight is 516 g/mol. The molecule has 1 aromatic carbocycles. The second kappa shape index (κ2) is 6.59. The number of hydrogen-bond donors (Lipinski definition) is 0. The summed E-state index contributed by atoms with van der Waals surface area (Å²) in [6.45, 7) is 0. The molecule has 13 heteroatoms. The lowest BCUT2D eigenvalue weighted by atomic mass is 10.2. The van der Waals surface area contributed by atoms with E-state index < -0.39 is 35.1 Å². The molecule has 0 aliphatic rings. The van der Waals surface area contributed by atoms with Gasteiger partial charge in [0, 0.05) is 15.0 Å². The Morgan fingerprint density at radius 3 is 1.77 bits per heavy atom. The first-order valence-corrected chi connectivity index (χ1v) is 7.85. The van der Waals surface area contributed by atoms with Crippen LogP contribution in [-0.4, -0.2) is 15.7 Å². The lowest BCUT2D eigenvalue weighted by Crippen LogP contribution is -2.36. The summed E-state index contributed by atoms with van der Waals surface area (Å²) in [4.78, 5) is 14.9. The zero-order chi connectivity index (χ0) is 20.1. The maximum Gasteiger partial charge on any atom is 0.459 e. The lowest BCUT2D eigenvalue weighted by Gasteiger charge is -2.19. The van der Waals surface area contributed by atoms with Crippen molar-refractivity contribution < 1.29 is 35.1 Å². The van der Waals surface area contributed by atoms with Crippen LogP contribution in [0.4, 0.5) is 35.1 Å². The fourth-order valence-corrected chi connectivity index (χ4v) is 3.41. The maximum atomic E-state index is 13.2. The van der Waals surface area contributed by atoms with Gasteiger partial charge in [0.25, 0.3) is 5.56 Å². The van der Waals surface area contributed by atoms with E-state index in [1.807, 2.05) is 0 Å². The van der Waals surface area contributed by atoms with E-state index in [9.17, 15) is 39.9 Å². The molecule has 0 fully saturated rings. The monoisotopic (exact) mass is 514 g/mol. The van der Waals surface area contributed by atoms with E-state index in [-0.39, 0.29) is 20.7 Å². The number of nitrogens with zero attached hydrogens (tertiary/aromatic N) is 2. The van der Waals surface area contributed by atoms with Crippen molar-refractivity contribution in [3.8, 4) is 5.69 Å². The first kappa shape index (κ1) is 20.8. The molecule has 0 aliphatic carbocycles. The topological polar surface area (TPSA) is 34.9 Å². The van der Waals surface area contributed by atoms with E-state index in [1.54, 1.807) is 0 Å². The summed E-state index contributed by atoms with van der Waals surface area (Å²) in [5, 5.41) is 0. The largest absolute Gasteiger partial charge is 0.459 e. The molecular weight excluding hydrogens is 512 g/mol. The normalized spacial score (nSPS) is 13.2. The molecule has 0 saturated carbocycles. The average Bonchev–Trinajstić information content (AvgIpc) is 2.45. The molecule has 2 rings (SSSR count). The van der Waals surface area contributed by atoms with Crippen molar-refractivity contribution in [2.45, 2.75) is 18.3 Å². The molecule has 0 amide bonds. The minimum absolute atomic E-state index is 0.0377. The maximum absolute atomic E-state index is 13.2. The summed E-state index contributed by atoms with van der Waals surface area (Å²) in [7, 11) is 0. The predicted octanol–water partition coefficient (Wildman–Crippen LogP) is 5.43. The van der Waals surface area contributed by atoms with Crippen LogP contribution in [0.15, 0.2) is 38.3 Å². The van der Waals surface area contributed by atoms with Crippen molar-refractivity contribution in [2.75, 3.05) is 0 Å². The van der Waals surface area contributed by atoms with Gasteiger partial charge in [-0.15, -0.1) is 0 Å². The molecule has 2 aromatic rings. The van der Waals surface area contributed by atoms with E-state index in [4.69, 9.17) is 0 Å². The molecule has 1 heterocycles. The molecule has 0 unspecified atom stereocenters. The first-order valence-electron chi connectivity index (χ1n) is 6.26. The standard InChI is InChI=1S/C13H4Br2F8N2O/c14-6-1-5(12(18,19)20)2-7(15)10(6)25-4-24-8(3-9(25)26)11(16,17)13(21,22)23/h1-4H. The van der Waals surface area contributed by atoms with Crippen LogP contribution in [0.25, 0.3) is 5.69 Å². The molecular formula is C13H4Br2F8N2O. The molecule has 1 aromatic heterocycles. The van der Waals surface area contributed by atoms with Crippen molar-refractivity contribution in [1.29, 1.82) is 0 Å². The third-order valence-corrected chi connectivity index (χ3v) is 4.28. The fraction of sp³-hybridized carbons (Fsp3) is 0.231. The van der Waals surface area contributed by atoms with Gasteiger partial charge >= 0.3 is 18.3 Å². The Hall–Kier alpha value is -1.50. The molecule has 142 valence electrons. The number of benzene rings is 1. The fourth-order valence-electron chi connectivity index (χ4n) is 1.84. The number of halogens is 10. The smallest absolute Gasteiger partial charge is 0.269 e. The van der Waals surface area contributed by atoms with Gasteiger partial charge < -0.3 is 0 Å². The van der Waals surface area contributed by atoms with Crippen LogP contribution < -0.4 is 5.56 Å². The van der Waals surface area contributed by atoms with E-state index in [2.05, 4.69) is 36.8 Å². The molecule has 26 heavy (non-hydrogen) atoms. The molecule has 0 N–H and O–H groups in total. The van der Waals surface area contributed by atoms with E-state index in [1.165, 1.54) is 0 Å². The highest BCUT2D eigenvalue weighted by Crippen LogP contribution is 2.42. The number of rotatable bonds is 2. The van der Waals surface area contributed by atoms with Gasteiger partial charge in [0.1, 0.15) is 12.0 Å². The zero-order valence-corrected chi connectivity index (χ0v) is 15.1. The van der Waals surface area contributed by atoms with Crippen LogP contribution in [0.5, 0.6) is 0 Å². The molecule has 0 spiro atoms. The summed E-state index contributed by atoms with van der Waals surface area (Å²) in [6, 6.07) is 1.19. The molecule has 0 saturated heterocycles. The van der Waals surface area contributed by atoms with Crippen LogP contribution in [0.3, 0.4) is 0 Å². The Bertz CT molecular complexity index is 881. The van der Waals surface area contributed by atoms with E-state index in [0.29, 0.717) is 23.0 Å². The van der Waals surface area contributed by atoms with Crippen LogP contribution in [0, 0.1) is 0 Å². The van der Waals surface area contributed by atoms with Crippen molar-refractivity contribution in [1.82, 2.24) is 9.55 Å². The number of alkyl halides is 8. The highest BCUT2D eigenvalue weighted by Gasteiger charge is 2.60. The van der Waals surface area contributed by atoms with Gasteiger partial charge in [-0.05, 0) is 44.0 Å². The summed E-state index contributed by atoms with van der Waals surface area (Å²) in [5.41, 5.74) is -4.51. The van der Waals surface area contributed by atoms with Crippen molar-refractivity contribution in [3.63, 3.8) is 0 Å². The zero-order valence-electron chi connectivity index (χ0n) is 11.9. The molecule has 0 aliphatic heterocycles. The van der Waals surface area contributed by atoms with Gasteiger partial charge in [-0.2, -0.15) is 35.1 Å². The Kier molecular flexibility index (Phi) is 5.27. The minimum Gasteiger partial charge on any atom is -0.269 e. The van der Waals surface area contributed by atoms with Gasteiger partial charge in [-0.3, -0.25) is 9.36 Å². The first-order chi connectivity index (χ1) is 11.7. The molecule has 0 atom stereocenters. The summed E-state index contributed by atoms with van der Waals surface area (Å²) >= 11 is 5.61. The van der Waals surface area contributed by atoms with Gasteiger partial charge in [0.2, 0.25) is 0 Å². The Morgan fingerprint density at radius 1 is 0.885 bits per heavy atom. The highest BCUT2D eigenvalue weighted by atomic mass is 79.9. The highest BCUT2D eigenvalue weighted by molar-refractivity contribution is 9.11. The van der Waals surface area contributed by atoms with Gasteiger partial charge in [0.05, 0.1) is 11.3 Å². The second-order valence-corrected chi connectivity index (χ2v) is 6.55. The van der Waals surface area contributed by atoms with Gasteiger partial charge in [-0.25, -0.2) is 4.98 Å². The van der Waals surface area contributed by atoms with Gasteiger partial charge in [0.15, 0.2) is 0 Å². The summed E-state index contributed by atoms with van der Waals surface area (Å²) in [5.74, 6) is -5.36. The van der Waals surface area contributed by atoms with E-state index >= 15 is 0 Å². The van der Waals surface area contributed by atoms with Crippen LogP contribution >= 0.6 is 31.9 Å².